The molecule has 4 rings (SSSR count). The SMILES string of the molecule is CC(Sc1nc2scc(-c3cccs3)c2c(=O)[nH]1)C(=O)c1c(N)n(C)c(=O)n(C)c1=O. The van der Waals surface area contributed by atoms with E-state index in [1.165, 1.54) is 36.8 Å². The lowest BCUT2D eigenvalue weighted by atomic mass is 10.1. The Morgan fingerprint density at radius 2 is 1.97 bits per heavy atom. The Balaban J connectivity index is 1.69. The average molecular weight is 476 g/mol. The van der Waals surface area contributed by atoms with Crippen LogP contribution in [0, 0.1) is 0 Å². The van der Waals surface area contributed by atoms with Crippen molar-refractivity contribution in [3.63, 3.8) is 0 Å². The van der Waals surface area contributed by atoms with E-state index >= 15 is 0 Å². The van der Waals surface area contributed by atoms with Crippen LogP contribution in [0.15, 0.2) is 42.4 Å². The lowest BCUT2D eigenvalue weighted by Crippen LogP contribution is -2.42. The molecule has 1 atom stereocenters. The van der Waals surface area contributed by atoms with Gasteiger partial charge in [-0.3, -0.25) is 23.5 Å². The van der Waals surface area contributed by atoms with Gasteiger partial charge in [0.25, 0.3) is 11.1 Å². The standard InChI is InChI=1S/C19H17N5O4S3/c1-8(13(25)12-14(20)23(2)19(28)24(3)17(12)27)31-18-21-15(26)11-9(7-30-16(11)22-18)10-5-4-6-29-10/h4-8H,20H2,1-3H3,(H,21,22,26). The Kier molecular flexibility index (Phi) is 5.45. The second-order valence-electron chi connectivity index (χ2n) is 6.77. The molecule has 4 aromatic rings. The monoisotopic (exact) mass is 475 g/mol. The summed E-state index contributed by atoms with van der Waals surface area (Å²) in [6, 6.07) is 3.85. The molecule has 0 aliphatic heterocycles. The summed E-state index contributed by atoms with van der Waals surface area (Å²) in [6.45, 7) is 1.59. The van der Waals surface area contributed by atoms with Crippen LogP contribution in [0.5, 0.6) is 0 Å². The van der Waals surface area contributed by atoms with Gasteiger partial charge in [-0.1, -0.05) is 17.8 Å². The summed E-state index contributed by atoms with van der Waals surface area (Å²) < 4.78 is 1.89. The molecular weight excluding hydrogens is 458 g/mol. The van der Waals surface area contributed by atoms with Gasteiger partial charge < -0.3 is 10.7 Å². The Bertz CT molecular complexity index is 1490. The summed E-state index contributed by atoms with van der Waals surface area (Å²) in [7, 11) is 2.67. The summed E-state index contributed by atoms with van der Waals surface area (Å²) >= 11 is 3.90. The Hall–Kier alpha value is -2.96. The van der Waals surface area contributed by atoms with E-state index in [1.807, 2.05) is 22.9 Å². The molecule has 12 heteroatoms. The van der Waals surface area contributed by atoms with Gasteiger partial charge in [-0.05, 0) is 18.4 Å². The second-order valence-corrected chi connectivity index (χ2v) is 9.90. The maximum Gasteiger partial charge on any atom is 0.332 e. The molecule has 0 aliphatic carbocycles. The van der Waals surface area contributed by atoms with Crippen LogP contribution in [0.3, 0.4) is 0 Å². The van der Waals surface area contributed by atoms with E-state index in [-0.39, 0.29) is 22.1 Å². The molecule has 4 aromatic heterocycles. The molecule has 3 N–H and O–H groups in total. The number of carbonyl (C=O) groups excluding carboxylic acids is 1. The number of hydrogen-bond acceptors (Lipinski definition) is 9. The fourth-order valence-corrected chi connectivity index (χ4v) is 5.79. The number of thioether (sulfide) groups is 1. The van der Waals surface area contributed by atoms with Gasteiger partial charge in [-0.2, -0.15) is 0 Å². The predicted octanol–water partition coefficient (Wildman–Crippen LogP) is 2.06. The molecule has 0 radical (unpaired) electrons. The molecule has 0 fully saturated rings. The molecule has 0 bridgehead atoms. The molecular formula is C19H17N5O4S3. The summed E-state index contributed by atoms with van der Waals surface area (Å²) in [4.78, 5) is 58.9. The number of ketones is 1. The minimum atomic E-state index is -0.773. The maximum absolute atomic E-state index is 13.0. The van der Waals surface area contributed by atoms with E-state index in [1.54, 1.807) is 6.92 Å². The highest BCUT2D eigenvalue weighted by Crippen LogP contribution is 2.34. The van der Waals surface area contributed by atoms with Crippen molar-refractivity contribution in [3.8, 4) is 10.4 Å². The van der Waals surface area contributed by atoms with Crippen LogP contribution in [-0.4, -0.2) is 30.1 Å². The molecule has 0 spiro atoms. The minimum Gasteiger partial charge on any atom is -0.384 e. The first-order valence-electron chi connectivity index (χ1n) is 9.02. The smallest absolute Gasteiger partial charge is 0.332 e. The average Bonchev–Trinajstić information content (AvgIpc) is 3.40. The van der Waals surface area contributed by atoms with Crippen molar-refractivity contribution < 1.29 is 4.79 Å². The van der Waals surface area contributed by atoms with Gasteiger partial charge in [0.15, 0.2) is 10.9 Å². The first-order valence-corrected chi connectivity index (χ1v) is 11.7. The van der Waals surface area contributed by atoms with Gasteiger partial charge in [0.2, 0.25) is 0 Å². The number of aromatic amines is 1. The number of rotatable bonds is 5. The largest absolute Gasteiger partial charge is 0.384 e. The molecule has 0 aliphatic rings. The highest BCUT2D eigenvalue weighted by atomic mass is 32.2. The number of thiophene rings is 2. The number of carbonyl (C=O) groups is 1. The first-order chi connectivity index (χ1) is 14.7. The van der Waals surface area contributed by atoms with Crippen molar-refractivity contribution >= 4 is 56.3 Å². The highest BCUT2D eigenvalue weighted by Gasteiger charge is 2.26. The topological polar surface area (TPSA) is 133 Å². The third-order valence-electron chi connectivity index (χ3n) is 4.82. The number of anilines is 1. The molecule has 0 aromatic carbocycles. The fraction of sp³-hybridized carbons (Fsp3) is 0.211. The van der Waals surface area contributed by atoms with Crippen LogP contribution < -0.4 is 22.5 Å². The number of hydrogen-bond donors (Lipinski definition) is 2. The number of nitrogens with zero attached hydrogens (tertiary/aromatic N) is 3. The van der Waals surface area contributed by atoms with E-state index in [0.29, 0.717) is 10.2 Å². The van der Waals surface area contributed by atoms with Crippen LogP contribution in [0.4, 0.5) is 5.82 Å². The van der Waals surface area contributed by atoms with Crippen molar-refractivity contribution in [3.05, 3.63) is 59.6 Å². The predicted molar refractivity (Wildman–Crippen MR) is 125 cm³/mol. The lowest BCUT2D eigenvalue weighted by Gasteiger charge is -2.14. The van der Waals surface area contributed by atoms with E-state index in [9.17, 15) is 19.2 Å². The van der Waals surface area contributed by atoms with Crippen molar-refractivity contribution in [1.82, 2.24) is 19.1 Å². The van der Waals surface area contributed by atoms with Crippen molar-refractivity contribution in [2.45, 2.75) is 17.3 Å². The molecule has 31 heavy (non-hydrogen) atoms. The molecule has 160 valence electrons. The molecule has 0 amide bonds. The zero-order chi connectivity index (χ0) is 22.4. The van der Waals surface area contributed by atoms with E-state index in [4.69, 9.17) is 5.73 Å². The van der Waals surface area contributed by atoms with Crippen molar-refractivity contribution in [1.29, 1.82) is 0 Å². The number of H-pyrrole nitrogens is 1. The molecule has 0 saturated heterocycles. The van der Waals surface area contributed by atoms with Crippen LogP contribution in [0.25, 0.3) is 20.7 Å². The number of nitrogens with two attached hydrogens (primary N) is 1. The summed E-state index contributed by atoms with van der Waals surface area (Å²) in [5, 5.41) is 3.82. The quantitative estimate of drug-likeness (QED) is 0.256. The van der Waals surface area contributed by atoms with E-state index < -0.39 is 22.3 Å². The number of aromatic nitrogens is 4. The molecule has 9 nitrogen and oxygen atoms in total. The third-order valence-corrected chi connectivity index (χ3v) is 7.58. The van der Waals surface area contributed by atoms with Gasteiger partial charge in [0.1, 0.15) is 16.2 Å². The van der Waals surface area contributed by atoms with E-state index in [0.717, 1.165) is 31.3 Å². The summed E-state index contributed by atoms with van der Waals surface area (Å²) in [5.41, 5.74) is 4.78. The van der Waals surface area contributed by atoms with Crippen LogP contribution in [0.2, 0.25) is 0 Å². The van der Waals surface area contributed by atoms with Crippen LogP contribution >= 0.6 is 34.4 Å². The Morgan fingerprint density at radius 1 is 1.23 bits per heavy atom. The third kappa shape index (κ3) is 3.56. The van der Waals surface area contributed by atoms with Crippen LogP contribution in [-0.2, 0) is 14.1 Å². The van der Waals surface area contributed by atoms with Crippen molar-refractivity contribution in [2.75, 3.05) is 5.73 Å². The Labute approximate surface area is 187 Å². The minimum absolute atomic E-state index is 0.193. The summed E-state index contributed by atoms with van der Waals surface area (Å²) in [5.74, 6) is -0.742. The highest BCUT2D eigenvalue weighted by molar-refractivity contribution is 8.00. The van der Waals surface area contributed by atoms with Gasteiger partial charge in [0.05, 0.1) is 10.6 Å². The fourth-order valence-electron chi connectivity index (χ4n) is 3.11. The number of Topliss-reactive ketones (excluding diaryl/α,β-unsaturated/α-hetero) is 1. The first kappa shape index (κ1) is 21.3. The molecule has 0 saturated carbocycles. The van der Waals surface area contributed by atoms with Gasteiger partial charge in [-0.15, -0.1) is 22.7 Å². The number of fused-ring (bicyclic) bond motifs is 1. The number of nitrogen functional groups attached to an aromatic ring is 1. The summed E-state index contributed by atoms with van der Waals surface area (Å²) in [6.07, 6.45) is 0. The zero-order valence-corrected chi connectivity index (χ0v) is 19.1. The van der Waals surface area contributed by atoms with Gasteiger partial charge in [-0.25, -0.2) is 9.78 Å². The normalized spacial score (nSPS) is 12.4. The molecule has 1 unspecified atom stereocenters. The molecule has 4 heterocycles. The number of nitrogens with one attached hydrogen (secondary N) is 1. The second kappa shape index (κ2) is 7.94. The maximum atomic E-state index is 13.0. The van der Waals surface area contributed by atoms with Gasteiger partial charge in [0, 0.05) is 29.9 Å². The van der Waals surface area contributed by atoms with Crippen molar-refractivity contribution in [2.24, 2.45) is 14.1 Å². The zero-order valence-electron chi connectivity index (χ0n) is 16.7. The van der Waals surface area contributed by atoms with E-state index in [2.05, 4.69) is 9.97 Å². The van der Waals surface area contributed by atoms with Gasteiger partial charge >= 0.3 is 5.69 Å². The van der Waals surface area contributed by atoms with Crippen LogP contribution in [0.1, 0.15) is 17.3 Å². The lowest BCUT2D eigenvalue weighted by molar-refractivity contribution is 0.0992. The Morgan fingerprint density at radius 3 is 2.65 bits per heavy atom.